The van der Waals surface area contributed by atoms with Crippen LogP contribution in [0.4, 0.5) is 18.0 Å². The van der Waals surface area contributed by atoms with Crippen LogP contribution >= 0.6 is 15.9 Å². The molecule has 10 heteroatoms. The Morgan fingerprint density at radius 2 is 1.64 bits per heavy atom. The second kappa shape index (κ2) is 11.0. The van der Waals surface area contributed by atoms with Crippen LogP contribution in [-0.4, -0.2) is 31.2 Å². The van der Waals surface area contributed by atoms with Crippen molar-refractivity contribution in [3.05, 3.63) is 63.6 Å². The van der Waals surface area contributed by atoms with Crippen molar-refractivity contribution in [1.82, 2.24) is 10.6 Å². The van der Waals surface area contributed by atoms with Gasteiger partial charge in [-0.25, -0.2) is 9.59 Å². The number of benzene rings is 2. The molecule has 4 saturated carbocycles. The predicted octanol–water partition coefficient (Wildman–Crippen LogP) is 7.03. The van der Waals surface area contributed by atoms with E-state index in [1.165, 1.54) is 38.5 Å². The first-order valence-corrected chi connectivity index (χ1v) is 14.1. The lowest BCUT2D eigenvalue weighted by molar-refractivity contribution is -0.137. The van der Waals surface area contributed by atoms with E-state index in [1.807, 2.05) is 0 Å². The zero-order valence-electron chi connectivity index (χ0n) is 21.7. The maximum absolute atomic E-state index is 13.1. The van der Waals surface area contributed by atoms with Crippen molar-refractivity contribution in [1.29, 1.82) is 0 Å². The van der Waals surface area contributed by atoms with Gasteiger partial charge in [0.05, 0.1) is 22.7 Å². The van der Waals surface area contributed by atoms with E-state index in [4.69, 9.17) is 9.47 Å². The fraction of sp³-hybridized carbons (Fsp3) is 0.517. The molecule has 4 aliphatic rings. The number of esters is 1. The normalized spacial score (nSPS) is 26.1. The second-order valence-electron chi connectivity index (χ2n) is 11.2. The molecule has 0 heterocycles. The van der Waals surface area contributed by atoms with E-state index in [-0.39, 0.29) is 18.1 Å². The summed E-state index contributed by atoms with van der Waals surface area (Å²) in [6.07, 6.45) is 2.20. The largest absolute Gasteiger partial charge is 0.484 e. The van der Waals surface area contributed by atoms with Gasteiger partial charge in [0.25, 0.3) is 0 Å². The molecule has 4 bridgehead atoms. The van der Waals surface area contributed by atoms with Crippen LogP contribution in [-0.2, 0) is 10.9 Å². The number of carbonyl (C=O) groups excluding carboxylic acids is 2. The first-order chi connectivity index (χ1) is 18.5. The van der Waals surface area contributed by atoms with E-state index in [2.05, 4.69) is 26.6 Å². The van der Waals surface area contributed by atoms with Gasteiger partial charge >= 0.3 is 18.2 Å². The Morgan fingerprint density at radius 3 is 2.18 bits per heavy atom. The first-order valence-electron chi connectivity index (χ1n) is 13.3. The monoisotopic (exact) mass is 608 g/mol. The van der Waals surface area contributed by atoms with E-state index < -0.39 is 23.8 Å². The molecule has 0 aromatic heterocycles. The van der Waals surface area contributed by atoms with Crippen molar-refractivity contribution in [2.24, 2.45) is 17.8 Å². The molecule has 2 aromatic rings. The quantitative estimate of drug-likeness (QED) is 0.315. The van der Waals surface area contributed by atoms with Crippen molar-refractivity contribution in [3.63, 3.8) is 0 Å². The molecule has 2 aromatic carbocycles. The van der Waals surface area contributed by atoms with Crippen molar-refractivity contribution >= 4 is 27.9 Å². The molecule has 4 fully saturated rings. The molecule has 39 heavy (non-hydrogen) atoms. The molecule has 4 aliphatic carbocycles. The maximum atomic E-state index is 13.1. The molecule has 1 unspecified atom stereocenters. The topological polar surface area (TPSA) is 76.7 Å². The third-order valence-electron chi connectivity index (χ3n) is 8.34. The van der Waals surface area contributed by atoms with Crippen LogP contribution < -0.4 is 15.4 Å². The summed E-state index contributed by atoms with van der Waals surface area (Å²) in [6.45, 7) is 0.266. The molecule has 0 saturated heterocycles. The number of nitrogens with one attached hydrogen (secondary N) is 2. The Kier molecular flexibility index (Phi) is 7.86. The highest BCUT2D eigenvalue weighted by molar-refractivity contribution is 9.10. The fourth-order valence-corrected chi connectivity index (χ4v) is 7.51. The zero-order valence-corrected chi connectivity index (χ0v) is 23.2. The van der Waals surface area contributed by atoms with E-state index in [9.17, 15) is 22.8 Å². The minimum atomic E-state index is -4.45. The van der Waals surface area contributed by atoms with Crippen LogP contribution in [0, 0.1) is 17.8 Å². The van der Waals surface area contributed by atoms with Crippen LogP contribution in [0.1, 0.15) is 72.5 Å². The lowest BCUT2D eigenvalue weighted by atomic mass is 9.53. The van der Waals surface area contributed by atoms with Gasteiger partial charge in [-0.2, -0.15) is 13.2 Å². The van der Waals surface area contributed by atoms with Crippen LogP contribution in [0.15, 0.2) is 46.9 Å². The number of hydrogen-bond donors (Lipinski definition) is 2. The fourth-order valence-electron chi connectivity index (χ4n) is 7.04. The lowest BCUT2D eigenvalue weighted by Gasteiger charge is -2.56. The molecule has 2 N–H and O–H groups in total. The van der Waals surface area contributed by atoms with Crippen LogP contribution in [0.3, 0.4) is 0 Å². The Hall–Kier alpha value is -2.75. The van der Waals surface area contributed by atoms with Gasteiger partial charge in [-0.05, 0) is 108 Å². The molecule has 6 rings (SSSR count). The van der Waals surface area contributed by atoms with Gasteiger partial charge in [-0.3, -0.25) is 0 Å². The summed E-state index contributed by atoms with van der Waals surface area (Å²) >= 11 is 3.40. The van der Waals surface area contributed by atoms with Gasteiger partial charge in [0, 0.05) is 18.5 Å². The third kappa shape index (κ3) is 6.36. The number of ether oxygens (including phenoxy) is 2. The van der Waals surface area contributed by atoms with Gasteiger partial charge in [-0.1, -0.05) is 12.1 Å². The van der Waals surface area contributed by atoms with Crippen LogP contribution in [0.5, 0.6) is 5.75 Å². The maximum Gasteiger partial charge on any atom is 0.416 e. The average molecular weight is 609 g/mol. The molecule has 210 valence electrons. The van der Waals surface area contributed by atoms with Gasteiger partial charge in [0.15, 0.2) is 0 Å². The van der Waals surface area contributed by atoms with E-state index in [0.717, 1.165) is 31.4 Å². The summed E-state index contributed by atoms with van der Waals surface area (Å²) in [4.78, 5) is 24.7. The van der Waals surface area contributed by atoms with Gasteiger partial charge in [-0.15, -0.1) is 0 Å². The smallest absolute Gasteiger partial charge is 0.416 e. The number of methoxy groups -OCH3 is 1. The van der Waals surface area contributed by atoms with Crippen molar-refractivity contribution in [3.8, 4) is 5.75 Å². The molecule has 1 atom stereocenters. The molecule has 0 spiro atoms. The number of rotatable bonds is 8. The standard InChI is InChI=1S/C29H32BrF3N2O4/c1-38-26(36)21-4-7-25(23(30)13-21)39-24(20-2-5-22(6-3-20)29(31,32)33)8-9-34-27(37)35-28-14-17-10-18(15-28)12-19(11-17)16-28/h2-7,13,17-19,24H,8-12,14-16H2,1H3,(H2,34,35,37). The molecule has 0 radical (unpaired) electrons. The van der Waals surface area contributed by atoms with Gasteiger partial charge in [0.1, 0.15) is 11.9 Å². The SMILES string of the molecule is COC(=O)c1ccc(OC(CCNC(=O)NC23CC4CC(CC(C4)C2)C3)c2ccc(C(F)(F)F)cc2)c(Br)c1. The van der Waals surface area contributed by atoms with E-state index >= 15 is 0 Å². The summed E-state index contributed by atoms with van der Waals surface area (Å²) < 4.78 is 50.8. The summed E-state index contributed by atoms with van der Waals surface area (Å²) in [5.74, 6) is 2.02. The number of alkyl halides is 3. The number of hydrogen-bond acceptors (Lipinski definition) is 4. The summed E-state index contributed by atoms with van der Waals surface area (Å²) in [5, 5.41) is 6.22. The minimum absolute atomic E-state index is 0.117. The molecular formula is C29H32BrF3N2O4. The average Bonchev–Trinajstić information content (AvgIpc) is 2.87. The highest BCUT2D eigenvalue weighted by atomic mass is 79.9. The summed E-state index contributed by atoms with van der Waals surface area (Å²) in [6, 6.07) is 9.31. The van der Waals surface area contributed by atoms with Gasteiger partial charge in [0.2, 0.25) is 0 Å². The van der Waals surface area contributed by atoms with Crippen molar-refractivity contribution in [2.45, 2.75) is 62.8 Å². The minimum Gasteiger partial charge on any atom is -0.484 e. The number of urea groups is 1. The number of amides is 2. The lowest BCUT2D eigenvalue weighted by Crippen LogP contribution is -2.61. The Balaban J connectivity index is 1.26. The van der Waals surface area contributed by atoms with Crippen LogP contribution in [0.2, 0.25) is 0 Å². The van der Waals surface area contributed by atoms with E-state index in [0.29, 0.717) is 45.5 Å². The Morgan fingerprint density at radius 1 is 1.03 bits per heavy atom. The summed E-state index contributed by atoms with van der Waals surface area (Å²) in [7, 11) is 1.29. The number of halogens is 4. The van der Waals surface area contributed by atoms with Crippen LogP contribution in [0.25, 0.3) is 0 Å². The zero-order chi connectivity index (χ0) is 27.8. The Bertz CT molecular complexity index is 1180. The van der Waals surface area contributed by atoms with Gasteiger partial charge < -0.3 is 20.1 Å². The second-order valence-corrected chi connectivity index (χ2v) is 12.1. The highest BCUT2D eigenvalue weighted by Gasteiger charge is 2.51. The molecule has 6 nitrogen and oxygen atoms in total. The highest BCUT2D eigenvalue weighted by Crippen LogP contribution is 2.55. The molecular weight excluding hydrogens is 577 g/mol. The first kappa shape index (κ1) is 27.8. The Labute approximate surface area is 234 Å². The number of carbonyl (C=O) groups is 2. The third-order valence-corrected chi connectivity index (χ3v) is 8.96. The van der Waals surface area contributed by atoms with Crippen molar-refractivity contribution in [2.75, 3.05) is 13.7 Å². The molecule has 2 amide bonds. The molecule has 0 aliphatic heterocycles. The predicted molar refractivity (Wildman–Crippen MR) is 142 cm³/mol. The summed E-state index contributed by atoms with van der Waals surface area (Å²) in [5.41, 5.74) is -0.00301. The van der Waals surface area contributed by atoms with Crippen molar-refractivity contribution < 1.29 is 32.2 Å². The van der Waals surface area contributed by atoms with E-state index in [1.54, 1.807) is 18.2 Å².